The van der Waals surface area contributed by atoms with Crippen LogP contribution in [-0.2, 0) is 9.53 Å². The molecule has 6 nitrogen and oxygen atoms in total. The summed E-state index contributed by atoms with van der Waals surface area (Å²) in [5, 5.41) is 0. The first-order chi connectivity index (χ1) is 21.3. The Bertz CT molecular complexity index is 1150. The second kappa shape index (κ2) is 19.2. The van der Waals surface area contributed by atoms with Crippen LogP contribution in [-0.4, -0.2) is 37.4 Å². The number of carbonyl (C=O) groups excluding carboxylic acids is 2. The molecule has 2 aromatic rings. The normalized spacial score (nSPS) is 14.9. The highest BCUT2D eigenvalue weighted by Gasteiger charge is 2.27. The lowest BCUT2D eigenvalue weighted by atomic mass is 9.97. The first-order valence-electron chi connectivity index (χ1n) is 16.2. The minimum absolute atomic E-state index is 0.00281. The van der Waals surface area contributed by atoms with Crippen LogP contribution in [0, 0.1) is 17.6 Å². The van der Waals surface area contributed by atoms with Gasteiger partial charge in [0, 0.05) is 0 Å². The van der Waals surface area contributed by atoms with E-state index in [4.69, 9.17) is 18.9 Å². The molecular formula is C35H47F3O6. The molecule has 0 N–H and O–H groups in total. The van der Waals surface area contributed by atoms with E-state index < -0.39 is 35.3 Å². The predicted molar refractivity (Wildman–Crippen MR) is 163 cm³/mol. The number of benzene rings is 2. The highest BCUT2D eigenvalue weighted by Crippen LogP contribution is 2.26. The van der Waals surface area contributed by atoms with E-state index in [9.17, 15) is 22.8 Å². The van der Waals surface area contributed by atoms with Crippen LogP contribution < -0.4 is 14.2 Å². The summed E-state index contributed by atoms with van der Waals surface area (Å²) >= 11 is 0. The second-order valence-corrected chi connectivity index (χ2v) is 11.6. The van der Waals surface area contributed by atoms with E-state index in [2.05, 4.69) is 6.92 Å². The number of hydrogen-bond acceptors (Lipinski definition) is 6. The Labute approximate surface area is 259 Å². The highest BCUT2D eigenvalue weighted by atomic mass is 19.2. The molecule has 0 radical (unpaired) electrons. The molecule has 244 valence electrons. The summed E-state index contributed by atoms with van der Waals surface area (Å²) < 4.78 is 65.6. The molecule has 0 saturated heterocycles. The molecule has 3 rings (SSSR count). The fraction of sp³-hybridized carbons (Fsp3) is 0.600. The fourth-order valence-corrected chi connectivity index (χ4v) is 5.18. The van der Waals surface area contributed by atoms with Gasteiger partial charge in [-0.1, -0.05) is 58.8 Å². The molecule has 1 aliphatic carbocycles. The third kappa shape index (κ3) is 11.7. The lowest BCUT2D eigenvalue weighted by Gasteiger charge is -2.23. The first-order valence-corrected chi connectivity index (χ1v) is 16.2. The molecule has 0 aliphatic heterocycles. The average molecular weight is 621 g/mol. The van der Waals surface area contributed by atoms with Crippen LogP contribution in [0.3, 0.4) is 0 Å². The number of unbranched alkanes of at least 4 members (excludes halogenated alkanes) is 6. The number of hydrogen-bond donors (Lipinski definition) is 0. The van der Waals surface area contributed by atoms with Crippen molar-refractivity contribution in [2.45, 2.75) is 116 Å². The molecule has 1 fully saturated rings. The summed E-state index contributed by atoms with van der Waals surface area (Å²) in [5.74, 6) is -4.29. The Kier molecular flexibility index (Phi) is 15.4. The van der Waals surface area contributed by atoms with Crippen LogP contribution in [0.15, 0.2) is 36.4 Å². The molecule has 1 aliphatic rings. The molecule has 9 heteroatoms. The molecular weight excluding hydrogens is 573 g/mol. The summed E-state index contributed by atoms with van der Waals surface area (Å²) in [6, 6.07) is 8.40. The average Bonchev–Trinajstić information content (AvgIpc) is 3.03. The number of halogens is 3. The standard InChI is InChI=1S/C35H47F3O6/c1-3-5-6-7-8-9-13-22-41-31-21-20-29(32(37)33(31)38)34(39)43-28-18-16-26(17-19-28)42-24-25(4-2)23-30(36)35(40)44-27-14-11-10-12-15-27/h16-21,25,27,30H,3-15,22-24H2,1-2H3/t25?,30-/m0/s1. The van der Waals surface area contributed by atoms with E-state index >= 15 is 0 Å². The van der Waals surface area contributed by atoms with Crippen molar-refractivity contribution in [2.24, 2.45) is 5.92 Å². The quantitative estimate of drug-likeness (QED) is 0.0886. The molecule has 0 aromatic heterocycles. The number of ether oxygens (including phenoxy) is 4. The summed E-state index contributed by atoms with van der Waals surface area (Å²) in [6.07, 6.45) is 10.9. The van der Waals surface area contributed by atoms with Gasteiger partial charge >= 0.3 is 11.9 Å². The van der Waals surface area contributed by atoms with E-state index in [1.165, 1.54) is 37.5 Å². The maximum absolute atomic E-state index is 14.7. The van der Waals surface area contributed by atoms with Gasteiger partial charge in [0.2, 0.25) is 5.82 Å². The van der Waals surface area contributed by atoms with Crippen molar-refractivity contribution in [2.75, 3.05) is 13.2 Å². The van der Waals surface area contributed by atoms with Crippen LogP contribution in [0.5, 0.6) is 17.2 Å². The molecule has 44 heavy (non-hydrogen) atoms. The largest absolute Gasteiger partial charge is 0.493 e. The molecule has 0 heterocycles. The van der Waals surface area contributed by atoms with Crippen LogP contribution in [0.1, 0.15) is 114 Å². The van der Waals surface area contributed by atoms with E-state index in [-0.39, 0.29) is 43.2 Å². The Morgan fingerprint density at radius 2 is 1.48 bits per heavy atom. The molecule has 0 bridgehead atoms. The van der Waals surface area contributed by atoms with Crippen molar-refractivity contribution >= 4 is 11.9 Å². The SMILES string of the molecule is CCCCCCCCCOc1ccc(C(=O)Oc2ccc(OCC(CC)C[C@H](F)C(=O)OC3CCCCC3)cc2)c(F)c1F. The van der Waals surface area contributed by atoms with Crippen molar-refractivity contribution in [3.05, 3.63) is 53.6 Å². The van der Waals surface area contributed by atoms with E-state index in [0.717, 1.165) is 63.9 Å². The summed E-state index contributed by atoms with van der Waals surface area (Å²) in [6.45, 7) is 4.51. The number of carbonyl (C=O) groups is 2. The van der Waals surface area contributed by atoms with Gasteiger partial charge in [0.15, 0.2) is 17.7 Å². The van der Waals surface area contributed by atoms with Crippen LogP contribution in [0.4, 0.5) is 13.2 Å². The van der Waals surface area contributed by atoms with Gasteiger partial charge in [0.05, 0.1) is 18.8 Å². The second-order valence-electron chi connectivity index (χ2n) is 11.6. The molecule has 0 spiro atoms. The third-order valence-electron chi connectivity index (χ3n) is 8.00. The van der Waals surface area contributed by atoms with Crippen molar-refractivity contribution < 1.29 is 41.7 Å². The zero-order valence-corrected chi connectivity index (χ0v) is 26.1. The zero-order valence-electron chi connectivity index (χ0n) is 26.1. The van der Waals surface area contributed by atoms with Gasteiger partial charge in [-0.3, -0.25) is 0 Å². The molecule has 0 amide bonds. The van der Waals surface area contributed by atoms with Gasteiger partial charge in [-0.15, -0.1) is 0 Å². The maximum Gasteiger partial charge on any atom is 0.346 e. The Hall–Kier alpha value is -3.23. The molecule has 2 atom stereocenters. The van der Waals surface area contributed by atoms with Gasteiger partial charge in [0.25, 0.3) is 0 Å². The summed E-state index contributed by atoms with van der Waals surface area (Å²) in [7, 11) is 0. The Morgan fingerprint density at radius 1 is 0.818 bits per heavy atom. The van der Waals surface area contributed by atoms with E-state index in [1.54, 1.807) is 12.1 Å². The van der Waals surface area contributed by atoms with Gasteiger partial charge in [-0.2, -0.15) is 4.39 Å². The van der Waals surface area contributed by atoms with Gasteiger partial charge in [-0.05, 0) is 87.3 Å². The lowest BCUT2D eigenvalue weighted by Crippen LogP contribution is -2.29. The summed E-state index contributed by atoms with van der Waals surface area (Å²) in [4.78, 5) is 24.7. The summed E-state index contributed by atoms with van der Waals surface area (Å²) in [5.41, 5.74) is -0.542. The van der Waals surface area contributed by atoms with Crippen molar-refractivity contribution in [1.82, 2.24) is 0 Å². The minimum Gasteiger partial charge on any atom is -0.493 e. The van der Waals surface area contributed by atoms with Gasteiger partial charge in [0.1, 0.15) is 17.6 Å². The first kappa shape index (κ1) is 35.3. The third-order valence-corrected chi connectivity index (χ3v) is 8.00. The van der Waals surface area contributed by atoms with Crippen LogP contribution in [0.25, 0.3) is 0 Å². The molecule has 1 unspecified atom stereocenters. The minimum atomic E-state index is -1.71. The van der Waals surface area contributed by atoms with Crippen molar-refractivity contribution in [3.63, 3.8) is 0 Å². The van der Waals surface area contributed by atoms with E-state index in [0.29, 0.717) is 12.2 Å². The number of rotatable bonds is 19. The molecule has 2 aromatic carbocycles. The topological polar surface area (TPSA) is 71.1 Å². The monoisotopic (exact) mass is 620 g/mol. The number of esters is 2. The Balaban J connectivity index is 1.42. The van der Waals surface area contributed by atoms with Crippen LogP contribution in [0.2, 0.25) is 0 Å². The zero-order chi connectivity index (χ0) is 31.7. The van der Waals surface area contributed by atoms with E-state index in [1.807, 2.05) is 6.92 Å². The number of alkyl halides is 1. The molecule has 1 saturated carbocycles. The lowest BCUT2D eigenvalue weighted by molar-refractivity contribution is -0.157. The van der Waals surface area contributed by atoms with Crippen molar-refractivity contribution in [1.29, 1.82) is 0 Å². The fourth-order valence-electron chi connectivity index (χ4n) is 5.18. The van der Waals surface area contributed by atoms with Crippen LogP contribution >= 0.6 is 0 Å². The smallest absolute Gasteiger partial charge is 0.346 e. The van der Waals surface area contributed by atoms with Gasteiger partial charge in [-0.25, -0.2) is 18.4 Å². The maximum atomic E-state index is 14.7. The predicted octanol–water partition coefficient (Wildman–Crippen LogP) is 9.32. The van der Waals surface area contributed by atoms with Gasteiger partial charge < -0.3 is 18.9 Å². The highest BCUT2D eigenvalue weighted by molar-refractivity contribution is 5.91. The Morgan fingerprint density at radius 3 is 2.16 bits per heavy atom. The van der Waals surface area contributed by atoms with Crippen molar-refractivity contribution in [3.8, 4) is 17.2 Å².